The van der Waals surface area contributed by atoms with Crippen LogP contribution in [-0.4, -0.2) is 43.5 Å². The highest BCUT2D eigenvalue weighted by atomic mass is 35.5. The van der Waals surface area contributed by atoms with E-state index >= 15 is 0 Å². The van der Waals surface area contributed by atoms with Crippen molar-refractivity contribution in [1.29, 1.82) is 0 Å². The lowest BCUT2D eigenvalue weighted by Crippen LogP contribution is -3.13. The van der Waals surface area contributed by atoms with Crippen molar-refractivity contribution in [3.63, 3.8) is 0 Å². The number of benzene rings is 1. The Morgan fingerprint density at radius 1 is 1.08 bits per heavy atom. The number of nitrogens with one attached hydrogen (secondary N) is 3. The first-order chi connectivity index (χ1) is 12.5. The van der Waals surface area contributed by atoms with Gasteiger partial charge in [0.1, 0.15) is 5.75 Å². The lowest BCUT2D eigenvalue weighted by Gasteiger charge is -2.17. The largest absolute Gasteiger partial charge is 0.495 e. The Morgan fingerprint density at radius 2 is 1.69 bits per heavy atom. The summed E-state index contributed by atoms with van der Waals surface area (Å²) < 4.78 is 5.22. The number of anilines is 2. The van der Waals surface area contributed by atoms with Crippen LogP contribution in [0.5, 0.6) is 5.75 Å². The molecule has 1 aromatic carbocycles. The van der Waals surface area contributed by atoms with Gasteiger partial charge in [0.2, 0.25) is 0 Å². The molecule has 3 N–H and O–H groups in total. The van der Waals surface area contributed by atoms with Crippen molar-refractivity contribution < 1.29 is 19.2 Å². The van der Waals surface area contributed by atoms with Crippen LogP contribution in [0.25, 0.3) is 0 Å². The predicted octanol–water partition coefficient (Wildman–Crippen LogP) is 1.23. The van der Waals surface area contributed by atoms with E-state index in [-0.39, 0.29) is 30.1 Å². The lowest BCUT2D eigenvalue weighted by molar-refractivity contribution is -0.881. The van der Waals surface area contributed by atoms with Crippen molar-refractivity contribution in [2.75, 3.05) is 37.4 Å². The highest BCUT2D eigenvalue weighted by Crippen LogP contribution is 2.22. The summed E-state index contributed by atoms with van der Waals surface area (Å²) in [4.78, 5) is 29.2. The molecule has 1 atom stereocenters. The molecule has 1 unspecified atom stereocenters. The van der Waals surface area contributed by atoms with E-state index in [2.05, 4.69) is 15.6 Å². The van der Waals surface area contributed by atoms with Crippen LogP contribution in [0.15, 0.2) is 42.6 Å². The number of carbonyl (C=O) groups is 2. The van der Waals surface area contributed by atoms with Gasteiger partial charge in [-0.15, -0.1) is 0 Å². The van der Waals surface area contributed by atoms with Gasteiger partial charge in [0.15, 0.2) is 18.2 Å². The fraction of sp³-hybridized carbons (Fsp3) is 0.278. The highest BCUT2D eigenvalue weighted by Gasteiger charge is 2.18. The number of pyridine rings is 1. The summed E-state index contributed by atoms with van der Waals surface area (Å²) in [6.07, 6.45) is 1.55. The molecule has 0 spiro atoms. The maximum Gasteiger partial charge on any atom is 0.279 e. The van der Waals surface area contributed by atoms with E-state index in [1.165, 1.54) is 0 Å². The number of aromatic nitrogens is 1. The number of para-hydroxylation sites is 2. The fourth-order valence-corrected chi connectivity index (χ4v) is 2.55. The number of rotatable bonds is 8. The first-order valence-electron chi connectivity index (χ1n) is 8.20. The highest BCUT2D eigenvalue weighted by molar-refractivity contribution is 6.32. The quantitative estimate of drug-likeness (QED) is 0.604. The molecule has 0 saturated heterocycles. The Hall–Kier alpha value is -2.64. The van der Waals surface area contributed by atoms with Gasteiger partial charge in [-0.2, -0.15) is 0 Å². The van der Waals surface area contributed by atoms with Crippen molar-refractivity contribution >= 4 is 34.8 Å². The maximum atomic E-state index is 12.3. The molecule has 2 rings (SSSR count). The standard InChI is InChI=1S/C18H21ClN4O3/c1-3-23(12-17(25)22-14-8-6-10-20-18(14)19)11-16(24)21-13-7-4-5-9-15(13)26-2/h4-10H,3,11-12H2,1-2H3,(H,21,24)(H,22,25)/p+1. The third-order valence-electron chi connectivity index (χ3n) is 3.74. The zero-order valence-electron chi connectivity index (χ0n) is 14.7. The van der Waals surface area contributed by atoms with Gasteiger partial charge in [-0.05, 0) is 31.2 Å². The average Bonchev–Trinajstić information content (AvgIpc) is 2.63. The SMILES string of the molecule is CC[NH+](CC(=O)Nc1ccccc1OC)CC(=O)Nc1cccnc1Cl. The van der Waals surface area contributed by atoms with E-state index in [0.717, 1.165) is 4.90 Å². The smallest absolute Gasteiger partial charge is 0.279 e. The minimum Gasteiger partial charge on any atom is -0.495 e. The number of quaternary nitrogens is 1. The number of hydrogen-bond acceptors (Lipinski definition) is 4. The number of carbonyl (C=O) groups excluding carboxylic acids is 2. The summed E-state index contributed by atoms with van der Waals surface area (Å²) in [7, 11) is 1.54. The molecule has 0 fully saturated rings. The Labute approximate surface area is 157 Å². The number of amides is 2. The summed E-state index contributed by atoms with van der Waals surface area (Å²) >= 11 is 5.93. The van der Waals surface area contributed by atoms with Crippen molar-refractivity contribution in [1.82, 2.24) is 4.98 Å². The van der Waals surface area contributed by atoms with Crippen molar-refractivity contribution in [2.45, 2.75) is 6.92 Å². The van der Waals surface area contributed by atoms with Gasteiger partial charge >= 0.3 is 0 Å². The fourth-order valence-electron chi connectivity index (χ4n) is 2.38. The summed E-state index contributed by atoms with van der Waals surface area (Å²) in [5, 5.41) is 5.75. The second kappa shape index (κ2) is 9.74. The van der Waals surface area contributed by atoms with E-state index in [9.17, 15) is 9.59 Å². The van der Waals surface area contributed by atoms with Crippen LogP contribution in [-0.2, 0) is 9.59 Å². The van der Waals surface area contributed by atoms with E-state index in [4.69, 9.17) is 16.3 Å². The number of methoxy groups -OCH3 is 1. The summed E-state index contributed by atoms with van der Waals surface area (Å²) in [6, 6.07) is 10.5. The number of ether oxygens (including phenoxy) is 1. The summed E-state index contributed by atoms with van der Waals surface area (Å²) in [6.45, 7) is 2.83. The third-order valence-corrected chi connectivity index (χ3v) is 4.04. The number of nitrogens with zero attached hydrogens (tertiary/aromatic N) is 1. The van der Waals surface area contributed by atoms with Crippen molar-refractivity contribution in [3.8, 4) is 5.75 Å². The summed E-state index contributed by atoms with van der Waals surface area (Å²) in [5.74, 6) is 0.156. The second-order valence-corrected chi connectivity index (χ2v) is 5.95. The molecule has 26 heavy (non-hydrogen) atoms. The van der Waals surface area contributed by atoms with Crippen LogP contribution < -0.4 is 20.3 Å². The molecular formula is C18H22ClN4O3+. The molecule has 8 heteroatoms. The molecule has 0 aliphatic carbocycles. The minimum atomic E-state index is -0.234. The van der Waals surface area contributed by atoms with Gasteiger partial charge in [-0.25, -0.2) is 4.98 Å². The van der Waals surface area contributed by atoms with E-state index < -0.39 is 0 Å². The maximum absolute atomic E-state index is 12.3. The van der Waals surface area contributed by atoms with E-state index in [0.29, 0.717) is 23.7 Å². The Bertz CT molecular complexity index is 770. The Morgan fingerprint density at radius 3 is 2.31 bits per heavy atom. The Kier molecular flexibility index (Phi) is 7.37. The van der Waals surface area contributed by atoms with Gasteiger partial charge < -0.3 is 20.3 Å². The molecule has 0 saturated carbocycles. The van der Waals surface area contributed by atoms with Gasteiger partial charge in [-0.3, -0.25) is 9.59 Å². The Balaban J connectivity index is 1.91. The molecule has 0 aliphatic heterocycles. The minimum absolute atomic E-state index is 0.140. The second-order valence-electron chi connectivity index (χ2n) is 5.60. The van der Waals surface area contributed by atoms with Crippen LogP contribution in [0.2, 0.25) is 5.15 Å². The van der Waals surface area contributed by atoms with Crippen LogP contribution in [0, 0.1) is 0 Å². The number of hydrogen-bond donors (Lipinski definition) is 3. The van der Waals surface area contributed by atoms with E-state index in [1.54, 1.807) is 37.6 Å². The topological polar surface area (TPSA) is 84.8 Å². The van der Waals surface area contributed by atoms with Gasteiger partial charge in [0, 0.05) is 6.20 Å². The molecule has 138 valence electrons. The number of halogens is 1. The van der Waals surface area contributed by atoms with Gasteiger partial charge in [-0.1, -0.05) is 23.7 Å². The molecule has 1 aromatic heterocycles. The van der Waals surface area contributed by atoms with Crippen molar-refractivity contribution in [3.05, 3.63) is 47.7 Å². The van der Waals surface area contributed by atoms with E-state index in [1.807, 2.05) is 19.1 Å². The van der Waals surface area contributed by atoms with Crippen LogP contribution >= 0.6 is 11.6 Å². The lowest BCUT2D eigenvalue weighted by atomic mass is 10.3. The summed E-state index contributed by atoms with van der Waals surface area (Å²) in [5.41, 5.74) is 1.05. The predicted molar refractivity (Wildman–Crippen MR) is 101 cm³/mol. The monoisotopic (exact) mass is 377 g/mol. The van der Waals surface area contributed by atoms with Crippen LogP contribution in [0.4, 0.5) is 11.4 Å². The molecule has 1 heterocycles. The van der Waals surface area contributed by atoms with Crippen molar-refractivity contribution in [2.24, 2.45) is 0 Å². The third kappa shape index (κ3) is 5.72. The normalized spacial score (nSPS) is 11.5. The molecule has 2 aromatic rings. The van der Waals surface area contributed by atoms with Gasteiger partial charge in [0.05, 0.1) is 25.0 Å². The average molecular weight is 378 g/mol. The molecule has 2 amide bonds. The molecule has 0 bridgehead atoms. The van der Waals surface area contributed by atoms with Gasteiger partial charge in [0.25, 0.3) is 11.8 Å². The molecule has 7 nitrogen and oxygen atoms in total. The zero-order chi connectivity index (χ0) is 18.9. The molecule has 0 radical (unpaired) electrons. The van der Waals surface area contributed by atoms with Crippen LogP contribution in [0.3, 0.4) is 0 Å². The van der Waals surface area contributed by atoms with Crippen LogP contribution in [0.1, 0.15) is 6.92 Å². The zero-order valence-corrected chi connectivity index (χ0v) is 15.5. The number of likely N-dealkylation sites (N-methyl/N-ethyl adjacent to an activating group) is 1. The molecular weight excluding hydrogens is 356 g/mol. The first-order valence-corrected chi connectivity index (χ1v) is 8.58. The molecule has 0 aliphatic rings. The first kappa shape index (κ1) is 19.7.